The Morgan fingerprint density at radius 1 is 1.69 bits per heavy atom. The van der Waals surface area contributed by atoms with Crippen molar-refractivity contribution in [3.63, 3.8) is 0 Å². The second kappa shape index (κ2) is 5.25. The highest BCUT2D eigenvalue weighted by atomic mass is 16.4. The van der Waals surface area contributed by atoms with E-state index in [1.807, 2.05) is 0 Å². The highest BCUT2D eigenvalue weighted by molar-refractivity contribution is 5.93. The van der Waals surface area contributed by atoms with Crippen LogP contribution in [0.5, 0.6) is 0 Å². The SMILES string of the molecule is CC(O)C(C)(O)NCCC(=O)c1ccco1. The third-order valence-electron chi connectivity index (χ3n) is 2.44. The Morgan fingerprint density at radius 2 is 2.38 bits per heavy atom. The lowest BCUT2D eigenvalue weighted by Gasteiger charge is -2.27. The Morgan fingerprint density at radius 3 is 2.88 bits per heavy atom. The van der Waals surface area contributed by atoms with Gasteiger partial charge in [-0.15, -0.1) is 0 Å². The summed E-state index contributed by atoms with van der Waals surface area (Å²) < 4.78 is 4.94. The molecule has 90 valence electrons. The predicted octanol–water partition coefficient (Wildman–Crippen LogP) is 0.531. The van der Waals surface area contributed by atoms with Crippen molar-refractivity contribution in [2.75, 3.05) is 6.54 Å². The average Bonchev–Trinajstić information content (AvgIpc) is 2.69. The number of hydrogen-bond donors (Lipinski definition) is 3. The fourth-order valence-electron chi connectivity index (χ4n) is 1.14. The largest absolute Gasteiger partial charge is 0.461 e. The van der Waals surface area contributed by atoms with Gasteiger partial charge < -0.3 is 14.6 Å². The zero-order valence-corrected chi connectivity index (χ0v) is 9.43. The van der Waals surface area contributed by atoms with Crippen LogP contribution >= 0.6 is 0 Å². The number of nitrogens with one attached hydrogen (secondary N) is 1. The van der Waals surface area contributed by atoms with E-state index >= 15 is 0 Å². The summed E-state index contributed by atoms with van der Waals surface area (Å²) in [5, 5.41) is 21.5. The summed E-state index contributed by atoms with van der Waals surface area (Å²) in [6.45, 7) is 3.20. The van der Waals surface area contributed by atoms with E-state index in [1.54, 1.807) is 12.1 Å². The van der Waals surface area contributed by atoms with Crippen molar-refractivity contribution in [1.82, 2.24) is 5.32 Å². The third kappa shape index (κ3) is 3.44. The van der Waals surface area contributed by atoms with Crippen molar-refractivity contribution in [2.45, 2.75) is 32.1 Å². The third-order valence-corrected chi connectivity index (χ3v) is 2.44. The van der Waals surface area contributed by atoms with Gasteiger partial charge >= 0.3 is 0 Å². The molecule has 0 aliphatic heterocycles. The molecule has 0 amide bonds. The highest BCUT2D eigenvalue weighted by Gasteiger charge is 2.25. The maximum atomic E-state index is 11.5. The summed E-state index contributed by atoms with van der Waals surface area (Å²) in [6.07, 6.45) is 0.731. The predicted molar refractivity (Wildman–Crippen MR) is 58.0 cm³/mol. The first-order chi connectivity index (χ1) is 7.43. The standard InChI is InChI=1S/C11H17NO4/c1-8(13)11(2,15)12-6-5-9(14)10-4-3-7-16-10/h3-4,7-8,12-13,15H,5-6H2,1-2H3. The van der Waals surface area contributed by atoms with Gasteiger partial charge in [-0.05, 0) is 26.0 Å². The summed E-state index contributed by atoms with van der Waals surface area (Å²) in [6, 6.07) is 3.24. The molecule has 0 aromatic carbocycles. The first-order valence-electron chi connectivity index (χ1n) is 5.15. The number of Topliss-reactive ketones (excluding diaryl/α,β-unsaturated/α-hetero) is 1. The van der Waals surface area contributed by atoms with E-state index in [9.17, 15) is 15.0 Å². The number of hydrogen-bond acceptors (Lipinski definition) is 5. The molecule has 0 bridgehead atoms. The van der Waals surface area contributed by atoms with Crippen molar-refractivity contribution in [3.05, 3.63) is 24.2 Å². The Kier molecular flexibility index (Phi) is 4.23. The molecular formula is C11H17NO4. The maximum Gasteiger partial charge on any atom is 0.199 e. The summed E-state index contributed by atoms with van der Waals surface area (Å²) in [5.74, 6) is 0.164. The topological polar surface area (TPSA) is 82.7 Å². The second-order valence-electron chi connectivity index (χ2n) is 3.90. The van der Waals surface area contributed by atoms with Crippen LogP contribution in [0.1, 0.15) is 30.8 Å². The minimum absolute atomic E-state index is 0.140. The molecule has 1 rings (SSSR count). The number of aliphatic hydroxyl groups is 2. The first kappa shape index (κ1) is 12.9. The van der Waals surface area contributed by atoms with E-state index in [4.69, 9.17) is 4.42 Å². The lowest BCUT2D eigenvalue weighted by Crippen LogP contribution is -2.51. The first-order valence-corrected chi connectivity index (χ1v) is 5.15. The zero-order chi connectivity index (χ0) is 12.2. The van der Waals surface area contributed by atoms with E-state index in [1.165, 1.54) is 20.1 Å². The van der Waals surface area contributed by atoms with Crippen LogP contribution in [0.15, 0.2) is 22.8 Å². The van der Waals surface area contributed by atoms with E-state index in [0.29, 0.717) is 5.76 Å². The highest BCUT2D eigenvalue weighted by Crippen LogP contribution is 2.07. The van der Waals surface area contributed by atoms with Gasteiger partial charge in [0.1, 0.15) is 5.72 Å². The Hall–Kier alpha value is -1.17. The molecule has 2 unspecified atom stereocenters. The fourth-order valence-corrected chi connectivity index (χ4v) is 1.14. The van der Waals surface area contributed by atoms with Crippen LogP contribution in [0, 0.1) is 0 Å². The quantitative estimate of drug-likeness (QED) is 0.488. The molecule has 1 heterocycles. The fraction of sp³-hybridized carbons (Fsp3) is 0.545. The van der Waals surface area contributed by atoms with Crippen molar-refractivity contribution in [2.24, 2.45) is 0 Å². The van der Waals surface area contributed by atoms with Gasteiger partial charge in [-0.2, -0.15) is 0 Å². The van der Waals surface area contributed by atoms with E-state index in [0.717, 1.165) is 0 Å². The molecule has 0 radical (unpaired) electrons. The number of carbonyl (C=O) groups is 1. The van der Waals surface area contributed by atoms with Crippen LogP contribution in [0.25, 0.3) is 0 Å². The summed E-state index contributed by atoms with van der Waals surface area (Å²) in [7, 11) is 0. The van der Waals surface area contributed by atoms with Crippen molar-refractivity contribution in [1.29, 1.82) is 0 Å². The number of aliphatic hydroxyl groups excluding tert-OH is 1. The van der Waals surface area contributed by atoms with E-state index in [-0.39, 0.29) is 18.7 Å². The zero-order valence-electron chi connectivity index (χ0n) is 9.43. The van der Waals surface area contributed by atoms with Crippen LogP contribution in [-0.4, -0.2) is 34.4 Å². The summed E-state index contributed by atoms with van der Waals surface area (Å²) >= 11 is 0. The van der Waals surface area contributed by atoms with Gasteiger partial charge in [-0.25, -0.2) is 0 Å². The Balaban J connectivity index is 2.34. The van der Waals surface area contributed by atoms with Crippen molar-refractivity contribution in [3.8, 4) is 0 Å². The smallest absolute Gasteiger partial charge is 0.199 e. The van der Waals surface area contributed by atoms with Gasteiger partial charge in [0.25, 0.3) is 0 Å². The minimum Gasteiger partial charge on any atom is -0.461 e. The van der Waals surface area contributed by atoms with E-state index < -0.39 is 11.8 Å². The normalized spacial score (nSPS) is 16.8. The molecular weight excluding hydrogens is 210 g/mol. The van der Waals surface area contributed by atoms with Gasteiger partial charge in [-0.1, -0.05) is 0 Å². The molecule has 5 nitrogen and oxygen atoms in total. The van der Waals surface area contributed by atoms with Crippen LogP contribution in [0.4, 0.5) is 0 Å². The lowest BCUT2D eigenvalue weighted by molar-refractivity contribution is -0.0759. The summed E-state index contributed by atoms with van der Waals surface area (Å²) in [5.41, 5.74) is -1.39. The van der Waals surface area contributed by atoms with E-state index in [2.05, 4.69) is 5.32 Å². The molecule has 16 heavy (non-hydrogen) atoms. The molecule has 3 N–H and O–H groups in total. The minimum atomic E-state index is -1.39. The molecule has 0 fully saturated rings. The molecule has 5 heteroatoms. The maximum absolute atomic E-state index is 11.5. The molecule has 0 saturated heterocycles. The molecule has 0 aliphatic rings. The summed E-state index contributed by atoms with van der Waals surface area (Å²) in [4.78, 5) is 11.5. The molecule has 1 aromatic heterocycles. The monoisotopic (exact) mass is 227 g/mol. The number of ketones is 1. The van der Waals surface area contributed by atoms with Gasteiger partial charge in [0, 0.05) is 13.0 Å². The number of carbonyl (C=O) groups excluding carboxylic acids is 1. The van der Waals surface area contributed by atoms with Gasteiger partial charge in [-0.3, -0.25) is 10.1 Å². The molecule has 1 aromatic rings. The average molecular weight is 227 g/mol. The van der Waals surface area contributed by atoms with Crippen LogP contribution in [0.2, 0.25) is 0 Å². The van der Waals surface area contributed by atoms with Crippen LogP contribution in [-0.2, 0) is 0 Å². The Labute approximate surface area is 94.1 Å². The van der Waals surface area contributed by atoms with Gasteiger partial charge in [0.2, 0.25) is 0 Å². The molecule has 0 aliphatic carbocycles. The van der Waals surface area contributed by atoms with Gasteiger partial charge in [0.15, 0.2) is 11.5 Å². The lowest BCUT2D eigenvalue weighted by atomic mass is 10.1. The van der Waals surface area contributed by atoms with Crippen molar-refractivity contribution >= 4 is 5.78 Å². The second-order valence-corrected chi connectivity index (χ2v) is 3.90. The molecule has 0 spiro atoms. The van der Waals surface area contributed by atoms with Crippen LogP contribution in [0.3, 0.4) is 0 Å². The Bertz CT molecular complexity index is 330. The van der Waals surface area contributed by atoms with Gasteiger partial charge in [0.05, 0.1) is 12.4 Å². The molecule has 0 saturated carbocycles. The van der Waals surface area contributed by atoms with Crippen molar-refractivity contribution < 1.29 is 19.4 Å². The molecule has 2 atom stereocenters. The number of furan rings is 1. The van der Waals surface area contributed by atoms with Crippen LogP contribution < -0.4 is 5.32 Å². The number of rotatable bonds is 6.